The van der Waals surface area contributed by atoms with Crippen molar-refractivity contribution in [3.8, 4) is 0 Å². The van der Waals surface area contributed by atoms with Gasteiger partial charge in [-0.3, -0.25) is 0 Å². The number of ether oxygens (including phenoxy) is 1. The highest BCUT2D eigenvalue weighted by Gasteiger charge is 2.50. The van der Waals surface area contributed by atoms with Crippen molar-refractivity contribution in [3.63, 3.8) is 0 Å². The van der Waals surface area contributed by atoms with Gasteiger partial charge in [0.05, 0.1) is 6.61 Å². The lowest BCUT2D eigenvalue weighted by Gasteiger charge is -2.39. The summed E-state index contributed by atoms with van der Waals surface area (Å²) in [6.07, 6.45) is 0.908. The summed E-state index contributed by atoms with van der Waals surface area (Å²) < 4.78 is 5.47. The van der Waals surface area contributed by atoms with Crippen LogP contribution in [0.15, 0.2) is 35.3 Å². The normalized spacial score (nSPS) is 29.9. The van der Waals surface area contributed by atoms with Crippen LogP contribution in [0.25, 0.3) is 0 Å². The number of nitrogens with zero attached hydrogens (tertiary/aromatic N) is 2. The van der Waals surface area contributed by atoms with Crippen LogP contribution in [0.3, 0.4) is 0 Å². The Morgan fingerprint density at radius 2 is 2.20 bits per heavy atom. The second-order valence-corrected chi connectivity index (χ2v) is 5.56. The molecule has 106 valence electrons. The molecule has 2 heterocycles. The van der Waals surface area contributed by atoms with E-state index in [1.54, 1.807) is 4.90 Å². The zero-order valence-corrected chi connectivity index (χ0v) is 11.6. The Morgan fingerprint density at radius 1 is 1.45 bits per heavy atom. The van der Waals surface area contributed by atoms with Gasteiger partial charge >= 0.3 is 6.03 Å². The van der Waals surface area contributed by atoms with Gasteiger partial charge < -0.3 is 15.4 Å². The van der Waals surface area contributed by atoms with Crippen LogP contribution in [0.5, 0.6) is 0 Å². The number of carbonyl (C=O) groups is 1. The molecule has 0 radical (unpaired) electrons. The van der Waals surface area contributed by atoms with Gasteiger partial charge in [-0.15, -0.1) is 0 Å². The fraction of sp³-hybridized carbons (Fsp3) is 0.467. The third kappa shape index (κ3) is 1.98. The van der Waals surface area contributed by atoms with Crippen molar-refractivity contribution in [1.29, 1.82) is 0 Å². The zero-order chi connectivity index (χ0) is 14.2. The average Bonchev–Trinajstić information content (AvgIpc) is 3.05. The first-order valence-electron chi connectivity index (χ1n) is 6.90. The molecule has 1 aromatic carbocycles. The minimum absolute atomic E-state index is 0.210. The number of nitrogens with two attached hydrogens (primary N) is 1. The van der Waals surface area contributed by atoms with E-state index >= 15 is 0 Å². The molecule has 1 aromatic rings. The maximum Gasteiger partial charge on any atom is 0.346 e. The summed E-state index contributed by atoms with van der Waals surface area (Å²) in [4.78, 5) is 17.9. The van der Waals surface area contributed by atoms with Gasteiger partial charge in [0.2, 0.25) is 0 Å². The zero-order valence-electron chi connectivity index (χ0n) is 11.6. The number of hydrogen-bond donors (Lipinski definition) is 1. The third-order valence-corrected chi connectivity index (χ3v) is 4.43. The van der Waals surface area contributed by atoms with Crippen LogP contribution in [-0.2, 0) is 11.3 Å². The Kier molecular flexibility index (Phi) is 3.22. The van der Waals surface area contributed by atoms with Crippen molar-refractivity contribution in [2.75, 3.05) is 13.2 Å². The maximum absolute atomic E-state index is 12.2. The second kappa shape index (κ2) is 4.90. The van der Waals surface area contributed by atoms with Gasteiger partial charge in [0.1, 0.15) is 11.4 Å². The van der Waals surface area contributed by atoms with Crippen molar-refractivity contribution in [2.24, 2.45) is 16.6 Å². The molecule has 0 spiro atoms. The van der Waals surface area contributed by atoms with Crippen molar-refractivity contribution in [1.82, 2.24) is 4.90 Å². The number of rotatable bonds is 3. The molecular formula is C15H19N3O2. The average molecular weight is 273 g/mol. The van der Waals surface area contributed by atoms with E-state index in [0.29, 0.717) is 19.0 Å². The van der Waals surface area contributed by atoms with E-state index in [9.17, 15) is 4.79 Å². The summed E-state index contributed by atoms with van der Waals surface area (Å²) in [5, 5.41) is 0. The maximum atomic E-state index is 12.2. The number of carbonyl (C=O) groups excluding carboxylic acids is 1. The molecule has 2 N–H and O–H groups in total. The smallest absolute Gasteiger partial charge is 0.346 e. The third-order valence-electron chi connectivity index (χ3n) is 4.43. The topological polar surface area (TPSA) is 67.9 Å². The fourth-order valence-corrected chi connectivity index (χ4v) is 3.02. The number of benzene rings is 1. The summed E-state index contributed by atoms with van der Waals surface area (Å²) in [6, 6.07) is 9.66. The molecule has 2 aliphatic rings. The molecular weight excluding hydrogens is 254 g/mol. The lowest BCUT2D eigenvalue weighted by Crippen LogP contribution is -2.56. The molecule has 2 atom stereocenters. The molecule has 3 rings (SSSR count). The van der Waals surface area contributed by atoms with E-state index in [4.69, 9.17) is 10.5 Å². The Balaban J connectivity index is 1.89. The van der Waals surface area contributed by atoms with Gasteiger partial charge in [0.15, 0.2) is 0 Å². The summed E-state index contributed by atoms with van der Waals surface area (Å²) in [7, 11) is 0. The van der Waals surface area contributed by atoms with E-state index in [1.807, 2.05) is 37.3 Å². The fourth-order valence-electron chi connectivity index (χ4n) is 3.02. The Labute approximate surface area is 118 Å². The second-order valence-electron chi connectivity index (χ2n) is 5.56. The van der Waals surface area contributed by atoms with Crippen molar-refractivity contribution < 1.29 is 9.53 Å². The number of hydrogen-bond acceptors (Lipinski definition) is 3. The Hall–Kier alpha value is -1.88. The first kappa shape index (κ1) is 13.1. The van der Waals surface area contributed by atoms with Gasteiger partial charge in [0, 0.05) is 19.1 Å². The van der Waals surface area contributed by atoms with Crippen molar-refractivity contribution in [3.05, 3.63) is 35.9 Å². The number of amides is 2. The van der Waals surface area contributed by atoms with E-state index in [0.717, 1.165) is 18.6 Å². The van der Waals surface area contributed by atoms with Gasteiger partial charge in [0.25, 0.3) is 0 Å². The molecule has 2 unspecified atom stereocenters. The lowest BCUT2D eigenvalue weighted by atomic mass is 9.83. The van der Waals surface area contributed by atoms with Crippen LogP contribution >= 0.6 is 0 Å². The molecule has 0 aromatic heterocycles. The SMILES string of the molecule is CC1(C2CCOC2)C(N)=NC(=O)N1Cc1ccccc1. The van der Waals surface area contributed by atoms with E-state index in [-0.39, 0.29) is 11.9 Å². The first-order valence-corrected chi connectivity index (χ1v) is 6.90. The van der Waals surface area contributed by atoms with Crippen LogP contribution < -0.4 is 5.73 Å². The number of aliphatic imine (C=N–C) groups is 1. The summed E-state index contributed by atoms with van der Waals surface area (Å²) in [5.74, 6) is 0.621. The predicted octanol–water partition coefficient (Wildman–Crippen LogP) is 1.77. The van der Waals surface area contributed by atoms with Crippen molar-refractivity contribution >= 4 is 11.9 Å². The minimum Gasteiger partial charge on any atom is -0.385 e. The van der Waals surface area contributed by atoms with Gasteiger partial charge in [-0.05, 0) is 18.9 Å². The molecule has 2 amide bonds. The van der Waals surface area contributed by atoms with Crippen LogP contribution in [0.4, 0.5) is 4.79 Å². The summed E-state index contributed by atoms with van der Waals surface area (Å²) in [6.45, 7) is 3.88. The monoisotopic (exact) mass is 273 g/mol. The molecule has 1 fully saturated rings. The molecule has 0 aliphatic carbocycles. The highest BCUT2D eigenvalue weighted by atomic mass is 16.5. The van der Waals surface area contributed by atoms with Crippen LogP contribution in [0.1, 0.15) is 18.9 Å². The van der Waals surface area contributed by atoms with Gasteiger partial charge in [-0.25, -0.2) is 4.79 Å². The highest BCUT2D eigenvalue weighted by molar-refractivity contribution is 6.05. The van der Waals surface area contributed by atoms with Crippen molar-refractivity contribution in [2.45, 2.75) is 25.4 Å². The standard InChI is InChI=1S/C15H19N3O2/c1-15(12-7-8-20-10-12)13(16)17-14(19)18(15)9-11-5-3-2-4-6-11/h2-6,12H,7-10H2,1H3,(H2,16,17,19). The summed E-state index contributed by atoms with van der Waals surface area (Å²) in [5.41, 5.74) is 6.60. The molecule has 2 aliphatic heterocycles. The molecule has 0 bridgehead atoms. The largest absolute Gasteiger partial charge is 0.385 e. The molecule has 20 heavy (non-hydrogen) atoms. The Bertz CT molecular complexity index is 537. The van der Waals surface area contributed by atoms with Crippen LogP contribution in [0.2, 0.25) is 0 Å². The van der Waals surface area contributed by atoms with E-state index in [1.165, 1.54) is 0 Å². The minimum atomic E-state index is -0.538. The molecule has 5 nitrogen and oxygen atoms in total. The molecule has 1 saturated heterocycles. The summed E-state index contributed by atoms with van der Waals surface area (Å²) >= 11 is 0. The van der Waals surface area contributed by atoms with E-state index in [2.05, 4.69) is 4.99 Å². The number of urea groups is 1. The van der Waals surface area contributed by atoms with Crippen LogP contribution in [0, 0.1) is 5.92 Å². The quantitative estimate of drug-likeness (QED) is 0.912. The van der Waals surface area contributed by atoms with Gasteiger partial charge in [-0.2, -0.15) is 4.99 Å². The molecule has 5 heteroatoms. The van der Waals surface area contributed by atoms with Gasteiger partial charge in [-0.1, -0.05) is 30.3 Å². The number of amidine groups is 1. The predicted molar refractivity (Wildman–Crippen MR) is 76.3 cm³/mol. The van der Waals surface area contributed by atoms with E-state index < -0.39 is 5.54 Å². The highest BCUT2D eigenvalue weighted by Crippen LogP contribution is 2.36. The first-order chi connectivity index (χ1) is 9.62. The lowest BCUT2D eigenvalue weighted by molar-refractivity contribution is 0.116. The van der Waals surface area contributed by atoms with Crippen LogP contribution in [-0.4, -0.2) is 35.5 Å². The molecule has 0 saturated carbocycles. The Morgan fingerprint density at radius 3 is 2.85 bits per heavy atom.